The van der Waals surface area contributed by atoms with Gasteiger partial charge in [0.25, 0.3) is 0 Å². The van der Waals surface area contributed by atoms with Crippen LogP contribution in [0.2, 0.25) is 0 Å². The summed E-state index contributed by atoms with van der Waals surface area (Å²) in [5.41, 5.74) is 8.96. The van der Waals surface area contributed by atoms with Crippen molar-refractivity contribution in [2.75, 3.05) is 0 Å². The molecule has 39 heavy (non-hydrogen) atoms. The Morgan fingerprint density at radius 3 is 2.49 bits per heavy atom. The predicted octanol–water partition coefficient (Wildman–Crippen LogP) is 5.31. The molecule has 0 spiro atoms. The van der Waals surface area contributed by atoms with Crippen molar-refractivity contribution in [3.8, 4) is 34.0 Å². The fourth-order valence-electron chi connectivity index (χ4n) is 4.69. The van der Waals surface area contributed by atoms with Gasteiger partial charge in [-0.05, 0) is 41.5 Å². The number of benzene rings is 1. The summed E-state index contributed by atoms with van der Waals surface area (Å²) < 4.78 is 0. The van der Waals surface area contributed by atoms with E-state index < -0.39 is 0 Å². The maximum atomic E-state index is 4.89. The van der Waals surface area contributed by atoms with Gasteiger partial charge in [0.1, 0.15) is 11.2 Å². The second kappa shape index (κ2) is 9.88. The molecule has 0 aliphatic rings. The third-order valence-corrected chi connectivity index (χ3v) is 6.60. The zero-order valence-corrected chi connectivity index (χ0v) is 20.8. The lowest BCUT2D eigenvalue weighted by molar-refractivity contribution is 0.691. The molecule has 0 atom stereocenters. The number of imidazole rings is 1. The zero-order valence-electron chi connectivity index (χ0n) is 20.8. The van der Waals surface area contributed by atoms with Gasteiger partial charge in [0.2, 0.25) is 0 Å². The van der Waals surface area contributed by atoms with E-state index in [0.29, 0.717) is 12.4 Å². The van der Waals surface area contributed by atoms with Crippen LogP contribution < -0.4 is 5.32 Å². The molecule has 0 unspecified atom stereocenters. The lowest BCUT2D eigenvalue weighted by atomic mass is 10.1. The minimum Gasteiger partial charge on any atom is -0.336 e. The lowest BCUT2D eigenvalue weighted by Gasteiger charge is -2.07. The van der Waals surface area contributed by atoms with Gasteiger partial charge < -0.3 is 10.3 Å². The number of H-pyrrole nitrogens is 2. The molecule has 0 saturated carbocycles. The van der Waals surface area contributed by atoms with E-state index in [4.69, 9.17) is 4.98 Å². The van der Waals surface area contributed by atoms with Gasteiger partial charge in [-0.25, -0.2) is 4.98 Å². The van der Waals surface area contributed by atoms with Crippen LogP contribution in [0.3, 0.4) is 0 Å². The monoisotopic (exact) mass is 509 g/mol. The van der Waals surface area contributed by atoms with Crippen molar-refractivity contribution in [3.05, 3.63) is 109 Å². The third kappa shape index (κ3) is 4.51. The number of aromatic nitrogens is 8. The maximum Gasteiger partial charge on any atom is 0.159 e. The number of hydrogen-bond acceptors (Lipinski definition) is 7. The van der Waals surface area contributed by atoms with Gasteiger partial charge in [-0.15, -0.1) is 0 Å². The Morgan fingerprint density at radius 2 is 1.59 bits per heavy atom. The van der Waals surface area contributed by atoms with Gasteiger partial charge in [-0.1, -0.05) is 30.3 Å². The van der Waals surface area contributed by atoms with E-state index in [9.17, 15) is 0 Å². The van der Waals surface area contributed by atoms with Crippen molar-refractivity contribution >= 4 is 21.9 Å². The van der Waals surface area contributed by atoms with Crippen LogP contribution in [0.15, 0.2) is 97.8 Å². The molecule has 0 bridgehead atoms. The van der Waals surface area contributed by atoms with Crippen molar-refractivity contribution in [2.45, 2.75) is 13.1 Å². The van der Waals surface area contributed by atoms with E-state index in [1.54, 1.807) is 24.8 Å². The van der Waals surface area contributed by atoms with Gasteiger partial charge in [0.05, 0.1) is 28.6 Å². The van der Waals surface area contributed by atoms with Gasteiger partial charge in [-0.3, -0.25) is 25.0 Å². The van der Waals surface area contributed by atoms with Gasteiger partial charge in [-0.2, -0.15) is 5.10 Å². The molecular weight excluding hydrogens is 486 g/mol. The summed E-state index contributed by atoms with van der Waals surface area (Å²) in [6.45, 7) is 1.50. The molecule has 1 aromatic carbocycles. The molecule has 0 fully saturated rings. The predicted molar refractivity (Wildman–Crippen MR) is 150 cm³/mol. The van der Waals surface area contributed by atoms with Crippen LogP contribution in [0.25, 0.3) is 56.0 Å². The number of pyridine rings is 4. The van der Waals surface area contributed by atoms with Gasteiger partial charge in [0.15, 0.2) is 5.82 Å². The summed E-state index contributed by atoms with van der Waals surface area (Å²) in [5, 5.41) is 12.1. The van der Waals surface area contributed by atoms with E-state index in [-0.39, 0.29) is 0 Å². The Morgan fingerprint density at radius 1 is 0.692 bits per heavy atom. The van der Waals surface area contributed by atoms with Crippen molar-refractivity contribution in [3.63, 3.8) is 0 Å². The van der Waals surface area contributed by atoms with E-state index in [0.717, 1.165) is 62.3 Å². The highest BCUT2D eigenvalue weighted by Gasteiger charge is 2.17. The average molecular weight is 510 g/mol. The van der Waals surface area contributed by atoms with Crippen molar-refractivity contribution in [1.29, 1.82) is 0 Å². The van der Waals surface area contributed by atoms with Crippen LogP contribution in [-0.4, -0.2) is 40.1 Å². The molecule has 0 radical (unpaired) electrons. The van der Waals surface area contributed by atoms with Crippen LogP contribution in [0.5, 0.6) is 0 Å². The summed E-state index contributed by atoms with van der Waals surface area (Å²) in [5.74, 6) is 0.656. The quantitative estimate of drug-likeness (QED) is 0.266. The Kier molecular flexibility index (Phi) is 5.80. The van der Waals surface area contributed by atoms with E-state index >= 15 is 0 Å². The molecule has 3 N–H and O–H groups in total. The molecule has 7 rings (SSSR count). The molecule has 0 amide bonds. The molecule has 188 valence electrons. The summed E-state index contributed by atoms with van der Waals surface area (Å²) in [6, 6.07) is 20.3. The summed E-state index contributed by atoms with van der Waals surface area (Å²) in [7, 11) is 0. The largest absolute Gasteiger partial charge is 0.336 e. The Hall–Kier alpha value is -5.28. The first-order chi connectivity index (χ1) is 19.3. The fourth-order valence-corrected chi connectivity index (χ4v) is 4.69. The number of hydrogen-bond donors (Lipinski definition) is 3. The molecule has 9 heteroatoms. The summed E-state index contributed by atoms with van der Waals surface area (Å²) in [6.07, 6.45) is 10.8. The standard InChI is InChI=1S/C30H23N9/c1-2-5-19(6-3-1)13-32-14-20-11-22(17-33-15-20)25-12-23-26(18-35-25)38-39-28(23)30-36-24-8-10-34-27(29(24)37-30)21-7-4-9-31-16-21/h1-12,15-18,32H,13-14H2,(H,36,37)(H,38,39). The van der Waals surface area contributed by atoms with Crippen molar-refractivity contribution in [2.24, 2.45) is 0 Å². The molecule has 0 aliphatic heterocycles. The van der Waals surface area contributed by atoms with Crippen LogP contribution in [0.1, 0.15) is 11.1 Å². The maximum absolute atomic E-state index is 4.89. The first-order valence-electron chi connectivity index (χ1n) is 12.6. The van der Waals surface area contributed by atoms with Crippen molar-refractivity contribution < 1.29 is 0 Å². The molecule has 7 aromatic rings. The molecule has 0 saturated heterocycles. The van der Waals surface area contributed by atoms with Gasteiger partial charge in [0, 0.05) is 60.6 Å². The Bertz CT molecular complexity index is 1890. The number of rotatable bonds is 7. The zero-order chi connectivity index (χ0) is 26.0. The number of nitrogens with zero attached hydrogens (tertiary/aromatic N) is 6. The first-order valence-corrected chi connectivity index (χ1v) is 12.6. The molecular formula is C30H23N9. The van der Waals surface area contributed by atoms with Gasteiger partial charge >= 0.3 is 0 Å². The van der Waals surface area contributed by atoms with Crippen LogP contribution >= 0.6 is 0 Å². The van der Waals surface area contributed by atoms with E-state index in [2.05, 4.69) is 58.6 Å². The van der Waals surface area contributed by atoms with E-state index in [1.165, 1.54) is 5.56 Å². The first kappa shape index (κ1) is 22.9. The molecule has 6 aromatic heterocycles. The minimum absolute atomic E-state index is 0.656. The second-order valence-corrected chi connectivity index (χ2v) is 9.24. The second-order valence-electron chi connectivity index (χ2n) is 9.24. The third-order valence-electron chi connectivity index (χ3n) is 6.60. The summed E-state index contributed by atoms with van der Waals surface area (Å²) >= 11 is 0. The van der Waals surface area contributed by atoms with Crippen LogP contribution in [0.4, 0.5) is 0 Å². The number of fused-ring (bicyclic) bond motifs is 2. The highest BCUT2D eigenvalue weighted by Crippen LogP contribution is 2.31. The van der Waals surface area contributed by atoms with Crippen LogP contribution in [0, 0.1) is 0 Å². The van der Waals surface area contributed by atoms with E-state index in [1.807, 2.05) is 54.9 Å². The number of nitrogens with one attached hydrogen (secondary N) is 3. The average Bonchev–Trinajstić information content (AvgIpc) is 3.62. The highest BCUT2D eigenvalue weighted by atomic mass is 15.1. The molecule has 9 nitrogen and oxygen atoms in total. The topological polar surface area (TPSA) is 121 Å². The summed E-state index contributed by atoms with van der Waals surface area (Å²) in [4.78, 5) is 26.2. The molecule has 6 heterocycles. The fraction of sp³-hybridized carbons (Fsp3) is 0.0667. The highest BCUT2D eigenvalue weighted by molar-refractivity contribution is 5.96. The van der Waals surface area contributed by atoms with Crippen LogP contribution in [-0.2, 0) is 13.1 Å². The normalized spacial score (nSPS) is 11.4. The SMILES string of the molecule is c1ccc(CNCc2cncc(-c3cc4c(-c5nc6c(-c7cccnc7)nccc6[nH]5)n[nH]c4cn3)c2)cc1. The Labute approximate surface area is 223 Å². The van der Waals surface area contributed by atoms with Crippen molar-refractivity contribution in [1.82, 2.24) is 45.4 Å². The Balaban J connectivity index is 1.20. The lowest BCUT2D eigenvalue weighted by Crippen LogP contribution is -2.12. The number of aromatic amines is 2. The smallest absolute Gasteiger partial charge is 0.159 e. The molecule has 0 aliphatic carbocycles. The minimum atomic E-state index is 0.656.